The van der Waals surface area contributed by atoms with Gasteiger partial charge in [-0.3, -0.25) is 9.78 Å². The third kappa shape index (κ3) is 4.88. The lowest BCUT2D eigenvalue weighted by Gasteiger charge is -2.10. The van der Waals surface area contributed by atoms with Gasteiger partial charge < -0.3 is 10.6 Å². The predicted molar refractivity (Wildman–Crippen MR) is 91.3 cm³/mol. The average molecular weight is 297 g/mol. The second kappa shape index (κ2) is 7.59. The molecule has 116 valence electrons. The van der Waals surface area contributed by atoms with Crippen molar-refractivity contribution in [1.29, 1.82) is 0 Å². The third-order valence-corrected chi connectivity index (χ3v) is 3.36. The molecule has 0 aliphatic heterocycles. The minimum Gasteiger partial charge on any atom is -0.384 e. The monoisotopic (exact) mass is 297 g/mol. The average Bonchev–Trinajstić information content (AvgIpc) is 2.49. The molecule has 0 aliphatic rings. The van der Waals surface area contributed by atoms with Gasteiger partial charge in [-0.2, -0.15) is 0 Å². The number of rotatable bonds is 6. The molecule has 4 nitrogen and oxygen atoms in total. The zero-order valence-electron chi connectivity index (χ0n) is 13.4. The first-order valence-electron chi connectivity index (χ1n) is 7.61. The van der Waals surface area contributed by atoms with Crippen molar-refractivity contribution in [3.63, 3.8) is 0 Å². The smallest absolute Gasteiger partial charge is 0.257 e. The summed E-state index contributed by atoms with van der Waals surface area (Å²) < 4.78 is 0. The van der Waals surface area contributed by atoms with Crippen LogP contribution in [0.2, 0.25) is 0 Å². The van der Waals surface area contributed by atoms with E-state index in [0.29, 0.717) is 11.5 Å². The number of carbonyl (C=O) groups is 1. The van der Waals surface area contributed by atoms with Crippen molar-refractivity contribution in [3.05, 3.63) is 53.9 Å². The number of amides is 1. The first-order chi connectivity index (χ1) is 10.5. The van der Waals surface area contributed by atoms with Gasteiger partial charge in [0, 0.05) is 24.6 Å². The number of carbonyl (C=O) groups excluding carboxylic acids is 1. The number of aromatic nitrogens is 1. The Labute approximate surface area is 132 Å². The molecule has 1 aromatic heterocycles. The van der Waals surface area contributed by atoms with Crippen LogP contribution in [0.25, 0.3) is 0 Å². The molecule has 0 unspecified atom stereocenters. The molecule has 0 saturated heterocycles. The number of anilines is 2. The zero-order chi connectivity index (χ0) is 15.9. The third-order valence-electron chi connectivity index (χ3n) is 3.36. The minimum absolute atomic E-state index is 0.149. The Balaban J connectivity index is 1.99. The Morgan fingerprint density at radius 3 is 2.55 bits per heavy atom. The van der Waals surface area contributed by atoms with Crippen molar-refractivity contribution < 1.29 is 4.79 Å². The van der Waals surface area contributed by atoms with E-state index in [1.807, 2.05) is 37.3 Å². The van der Waals surface area contributed by atoms with Crippen molar-refractivity contribution in [2.45, 2.75) is 27.2 Å². The zero-order valence-corrected chi connectivity index (χ0v) is 13.4. The van der Waals surface area contributed by atoms with E-state index in [1.165, 1.54) is 0 Å². The van der Waals surface area contributed by atoms with Crippen LogP contribution in [0.1, 0.15) is 36.2 Å². The van der Waals surface area contributed by atoms with Crippen LogP contribution in [0.15, 0.2) is 42.7 Å². The number of nitrogens with one attached hydrogen (secondary N) is 2. The van der Waals surface area contributed by atoms with Gasteiger partial charge in [0.1, 0.15) is 0 Å². The summed E-state index contributed by atoms with van der Waals surface area (Å²) in [6.45, 7) is 7.26. The van der Waals surface area contributed by atoms with Crippen molar-refractivity contribution in [2.24, 2.45) is 5.92 Å². The van der Waals surface area contributed by atoms with Crippen LogP contribution in [0.3, 0.4) is 0 Å². The SMILES string of the molecule is Cc1ccc(NC(=O)c2cncc(NCCC(C)C)c2)cc1. The molecule has 0 radical (unpaired) electrons. The number of aryl methyl sites for hydroxylation is 1. The molecular formula is C18H23N3O. The van der Waals surface area contributed by atoms with Gasteiger partial charge in [-0.15, -0.1) is 0 Å². The van der Waals surface area contributed by atoms with Crippen molar-refractivity contribution in [2.75, 3.05) is 17.2 Å². The second-order valence-corrected chi connectivity index (χ2v) is 5.89. The molecule has 0 fully saturated rings. The van der Waals surface area contributed by atoms with Gasteiger partial charge >= 0.3 is 0 Å². The maximum Gasteiger partial charge on any atom is 0.257 e. The van der Waals surface area contributed by atoms with Gasteiger partial charge in [-0.25, -0.2) is 0 Å². The summed E-state index contributed by atoms with van der Waals surface area (Å²) in [5.74, 6) is 0.498. The fraction of sp³-hybridized carbons (Fsp3) is 0.333. The van der Waals surface area contributed by atoms with Gasteiger partial charge in [0.2, 0.25) is 0 Å². The standard InChI is InChI=1S/C18H23N3O/c1-13(2)8-9-20-17-10-15(11-19-12-17)18(22)21-16-6-4-14(3)5-7-16/h4-7,10-13,20H,8-9H2,1-3H3,(H,21,22). The van der Waals surface area contributed by atoms with Crippen molar-refractivity contribution in [3.8, 4) is 0 Å². The number of nitrogens with zero attached hydrogens (tertiary/aromatic N) is 1. The lowest BCUT2D eigenvalue weighted by Crippen LogP contribution is -2.13. The fourth-order valence-electron chi connectivity index (χ4n) is 2.01. The molecule has 2 rings (SSSR count). The van der Waals surface area contributed by atoms with Gasteiger partial charge in [-0.05, 0) is 37.5 Å². The fourth-order valence-corrected chi connectivity index (χ4v) is 2.01. The summed E-state index contributed by atoms with van der Waals surface area (Å²) in [5.41, 5.74) is 3.37. The quantitative estimate of drug-likeness (QED) is 0.844. The molecule has 0 aliphatic carbocycles. The van der Waals surface area contributed by atoms with E-state index >= 15 is 0 Å². The number of hydrogen-bond acceptors (Lipinski definition) is 3. The summed E-state index contributed by atoms with van der Waals surface area (Å²) >= 11 is 0. The molecule has 0 spiro atoms. The van der Waals surface area contributed by atoms with Crippen LogP contribution >= 0.6 is 0 Å². The number of hydrogen-bond donors (Lipinski definition) is 2. The largest absolute Gasteiger partial charge is 0.384 e. The molecule has 22 heavy (non-hydrogen) atoms. The highest BCUT2D eigenvalue weighted by Gasteiger charge is 2.07. The lowest BCUT2D eigenvalue weighted by atomic mass is 10.1. The van der Waals surface area contributed by atoms with E-state index in [2.05, 4.69) is 29.5 Å². The summed E-state index contributed by atoms with van der Waals surface area (Å²) in [6.07, 6.45) is 4.40. The van der Waals surface area contributed by atoms with Crippen LogP contribution in [-0.2, 0) is 0 Å². The predicted octanol–water partition coefficient (Wildman–Crippen LogP) is 4.10. The normalized spacial score (nSPS) is 10.5. The van der Waals surface area contributed by atoms with E-state index in [-0.39, 0.29) is 5.91 Å². The molecule has 4 heteroatoms. The maximum atomic E-state index is 12.3. The van der Waals surface area contributed by atoms with Gasteiger partial charge in [0.15, 0.2) is 0 Å². The molecular weight excluding hydrogens is 274 g/mol. The van der Waals surface area contributed by atoms with Crippen molar-refractivity contribution >= 4 is 17.3 Å². The highest BCUT2D eigenvalue weighted by molar-refractivity contribution is 6.04. The lowest BCUT2D eigenvalue weighted by molar-refractivity contribution is 0.102. The molecule has 1 amide bonds. The molecule has 2 aromatic rings. The second-order valence-electron chi connectivity index (χ2n) is 5.89. The Morgan fingerprint density at radius 1 is 1.14 bits per heavy atom. The summed E-state index contributed by atoms with van der Waals surface area (Å²) in [7, 11) is 0. The van der Waals surface area contributed by atoms with Crippen LogP contribution in [0, 0.1) is 12.8 Å². The van der Waals surface area contributed by atoms with Gasteiger partial charge in [0.05, 0.1) is 11.3 Å². The minimum atomic E-state index is -0.149. The maximum absolute atomic E-state index is 12.3. The Morgan fingerprint density at radius 2 is 1.86 bits per heavy atom. The molecule has 0 saturated carbocycles. The van der Waals surface area contributed by atoms with E-state index in [4.69, 9.17) is 0 Å². The number of benzene rings is 1. The Hall–Kier alpha value is -2.36. The molecule has 1 aromatic carbocycles. The van der Waals surface area contributed by atoms with Crippen LogP contribution in [0.5, 0.6) is 0 Å². The van der Waals surface area contributed by atoms with E-state index < -0.39 is 0 Å². The molecule has 1 heterocycles. The van der Waals surface area contributed by atoms with E-state index in [9.17, 15) is 4.79 Å². The Kier molecular flexibility index (Phi) is 5.53. The van der Waals surface area contributed by atoms with E-state index in [0.717, 1.165) is 29.9 Å². The molecule has 2 N–H and O–H groups in total. The van der Waals surface area contributed by atoms with Crippen LogP contribution < -0.4 is 10.6 Å². The summed E-state index contributed by atoms with van der Waals surface area (Å²) in [5, 5.41) is 6.18. The molecule has 0 atom stereocenters. The van der Waals surface area contributed by atoms with Gasteiger partial charge in [-0.1, -0.05) is 31.5 Å². The molecule has 0 bridgehead atoms. The van der Waals surface area contributed by atoms with Gasteiger partial charge in [0.25, 0.3) is 5.91 Å². The van der Waals surface area contributed by atoms with Crippen LogP contribution in [0.4, 0.5) is 11.4 Å². The highest BCUT2D eigenvalue weighted by atomic mass is 16.1. The van der Waals surface area contributed by atoms with Crippen LogP contribution in [-0.4, -0.2) is 17.4 Å². The van der Waals surface area contributed by atoms with Crippen molar-refractivity contribution in [1.82, 2.24) is 4.98 Å². The summed E-state index contributed by atoms with van der Waals surface area (Å²) in [6, 6.07) is 9.56. The first-order valence-corrected chi connectivity index (χ1v) is 7.61. The first kappa shape index (κ1) is 16.0. The highest BCUT2D eigenvalue weighted by Crippen LogP contribution is 2.13. The topological polar surface area (TPSA) is 54.0 Å². The summed E-state index contributed by atoms with van der Waals surface area (Å²) in [4.78, 5) is 16.4. The Bertz CT molecular complexity index is 620. The van der Waals surface area contributed by atoms with E-state index in [1.54, 1.807) is 12.4 Å². The number of pyridine rings is 1.